The van der Waals surface area contributed by atoms with Crippen LogP contribution in [-0.4, -0.2) is 0 Å². The van der Waals surface area contributed by atoms with Crippen LogP contribution < -0.4 is 5.73 Å². The molecule has 1 aliphatic rings. The van der Waals surface area contributed by atoms with Crippen molar-refractivity contribution in [2.45, 2.75) is 44.1 Å². The molecular weight excluding hydrogens is 250 g/mol. The Morgan fingerprint density at radius 2 is 1.84 bits per heavy atom. The average Bonchev–Trinajstić information content (AvgIpc) is 2.88. The quantitative estimate of drug-likeness (QED) is 0.851. The summed E-state index contributed by atoms with van der Waals surface area (Å²) in [6, 6.07) is 13.1. The van der Waals surface area contributed by atoms with Crippen molar-refractivity contribution in [2.24, 2.45) is 5.73 Å². The minimum atomic E-state index is -0.0873. The molecule has 1 aromatic heterocycles. The van der Waals surface area contributed by atoms with E-state index >= 15 is 0 Å². The van der Waals surface area contributed by atoms with Crippen LogP contribution in [0.2, 0.25) is 0 Å². The topological polar surface area (TPSA) is 26.0 Å². The zero-order valence-electron chi connectivity index (χ0n) is 11.4. The third-order valence-electron chi connectivity index (χ3n) is 4.45. The summed E-state index contributed by atoms with van der Waals surface area (Å²) in [5, 5.41) is 2.25. The van der Waals surface area contributed by atoms with Gasteiger partial charge >= 0.3 is 0 Å². The summed E-state index contributed by atoms with van der Waals surface area (Å²) >= 11 is 1.81. The molecule has 0 saturated heterocycles. The number of thiophene rings is 1. The Hall–Kier alpha value is -1.12. The molecule has 1 aromatic carbocycles. The molecule has 1 fully saturated rings. The first kappa shape index (κ1) is 12.9. The summed E-state index contributed by atoms with van der Waals surface area (Å²) in [7, 11) is 0. The summed E-state index contributed by atoms with van der Waals surface area (Å²) in [5.74, 6) is 0.692. The first-order valence-corrected chi connectivity index (χ1v) is 7.95. The second-order valence-electron chi connectivity index (χ2n) is 5.79. The van der Waals surface area contributed by atoms with Crippen molar-refractivity contribution in [3.05, 3.63) is 57.8 Å². The van der Waals surface area contributed by atoms with Crippen molar-refractivity contribution in [1.82, 2.24) is 0 Å². The van der Waals surface area contributed by atoms with Gasteiger partial charge in [-0.3, -0.25) is 0 Å². The molecule has 1 saturated carbocycles. The van der Waals surface area contributed by atoms with Crippen molar-refractivity contribution in [3.63, 3.8) is 0 Å². The van der Waals surface area contributed by atoms with Crippen LogP contribution >= 0.6 is 11.3 Å². The molecule has 1 nitrogen and oxygen atoms in total. The summed E-state index contributed by atoms with van der Waals surface area (Å²) in [4.78, 5) is 1.37. The van der Waals surface area contributed by atoms with Gasteiger partial charge in [0, 0.05) is 10.4 Å². The van der Waals surface area contributed by atoms with Crippen molar-refractivity contribution < 1.29 is 0 Å². The minimum absolute atomic E-state index is 0.0873. The predicted octanol–water partition coefficient (Wildman–Crippen LogP) is 4.57. The van der Waals surface area contributed by atoms with Gasteiger partial charge in [-0.25, -0.2) is 0 Å². The van der Waals surface area contributed by atoms with Crippen molar-refractivity contribution in [2.75, 3.05) is 0 Å². The fourth-order valence-corrected chi connectivity index (χ4v) is 4.00. The van der Waals surface area contributed by atoms with Gasteiger partial charge < -0.3 is 5.73 Å². The van der Waals surface area contributed by atoms with Gasteiger partial charge in [0.2, 0.25) is 0 Å². The van der Waals surface area contributed by atoms with E-state index in [1.165, 1.54) is 28.8 Å². The Kier molecular flexibility index (Phi) is 3.46. The molecule has 0 spiro atoms. The van der Waals surface area contributed by atoms with Gasteiger partial charge in [-0.2, -0.15) is 0 Å². The third-order valence-corrected chi connectivity index (χ3v) is 5.32. The highest BCUT2D eigenvalue weighted by Crippen LogP contribution is 2.42. The highest BCUT2D eigenvalue weighted by atomic mass is 32.1. The minimum Gasteiger partial charge on any atom is -0.321 e. The molecule has 0 aliphatic heterocycles. The van der Waals surface area contributed by atoms with E-state index in [1.807, 2.05) is 11.3 Å². The standard InChI is InChI=1S/C17H21NS/c1-13-11-16(12-19-13)17(18)9-7-15(8-10-17)14-5-3-2-4-6-14/h2-6,11-12,15H,7-10,18H2,1H3. The van der Waals surface area contributed by atoms with E-state index in [0.717, 1.165) is 12.8 Å². The van der Waals surface area contributed by atoms with Crippen LogP contribution in [0.3, 0.4) is 0 Å². The van der Waals surface area contributed by atoms with Gasteiger partial charge in [0.05, 0.1) is 0 Å². The fourth-order valence-electron chi connectivity index (χ4n) is 3.18. The lowest BCUT2D eigenvalue weighted by Crippen LogP contribution is -2.39. The molecule has 1 aliphatic carbocycles. The summed E-state index contributed by atoms with van der Waals surface area (Å²) in [6.07, 6.45) is 4.61. The SMILES string of the molecule is Cc1cc(C2(N)CCC(c3ccccc3)CC2)cs1. The van der Waals surface area contributed by atoms with E-state index in [1.54, 1.807) is 0 Å². The number of nitrogens with two attached hydrogens (primary N) is 1. The van der Waals surface area contributed by atoms with Gasteiger partial charge in [0.25, 0.3) is 0 Å². The molecule has 2 aromatic rings. The Labute approximate surface area is 119 Å². The molecular formula is C17H21NS. The van der Waals surface area contributed by atoms with Gasteiger partial charge in [-0.15, -0.1) is 11.3 Å². The number of rotatable bonds is 2. The lowest BCUT2D eigenvalue weighted by Gasteiger charge is -2.37. The first-order chi connectivity index (χ1) is 9.17. The van der Waals surface area contributed by atoms with E-state index in [2.05, 4.69) is 48.7 Å². The smallest absolute Gasteiger partial charge is 0.0418 e. The van der Waals surface area contributed by atoms with E-state index < -0.39 is 0 Å². The summed E-state index contributed by atoms with van der Waals surface area (Å²) in [5.41, 5.74) is 9.38. The maximum Gasteiger partial charge on any atom is 0.0418 e. The van der Waals surface area contributed by atoms with E-state index in [0.29, 0.717) is 5.92 Å². The molecule has 0 amide bonds. The van der Waals surface area contributed by atoms with E-state index in [4.69, 9.17) is 5.73 Å². The second-order valence-corrected chi connectivity index (χ2v) is 6.90. The van der Waals surface area contributed by atoms with Crippen LogP contribution in [0.1, 0.15) is 47.6 Å². The van der Waals surface area contributed by atoms with E-state index in [9.17, 15) is 0 Å². The lowest BCUT2D eigenvalue weighted by molar-refractivity contribution is 0.277. The molecule has 2 heteroatoms. The Morgan fingerprint density at radius 3 is 2.42 bits per heavy atom. The third kappa shape index (κ3) is 2.60. The van der Waals surface area contributed by atoms with Gasteiger partial charge in [-0.05, 0) is 61.1 Å². The normalized spacial score (nSPS) is 27.4. The molecule has 0 radical (unpaired) electrons. The molecule has 0 atom stereocenters. The van der Waals surface area contributed by atoms with Crippen molar-refractivity contribution in [1.29, 1.82) is 0 Å². The van der Waals surface area contributed by atoms with Crippen LogP contribution in [0.15, 0.2) is 41.8 Å². The highest BCUT2D eigenvalue weighted by Gasteiger charge is 2.34. The van der Waals surface area contributed by atoms with Crippen LogP contribution in [0.25, 0.3) is 0 Å². The molecule has 100 valence electrons. The van der Waals surface area contributed by atoms with Gasteiger partial charge in [0.1, 0.15) is 0 Å². The van der Waals surface area contributed by atoms with Crippen LogP contribution in [0.5, 0.6) is 0 Å². The summed E-state index contributed by atoms with van der Waals surface area (Å²) in [6.45, 7) is 2.16. The highest BCUT2D eigenvalue weighted by molar-refractivity contribution is 7.10. The maximum atomic E-state index is 6.64. The Bertz CT molecular complexity index is 535. The van der Waals surface area contributed by atoms with Crippen molar-refractivity contribution in [3.8, 4) is 0 Å². The molecule has 19 heavy (non-hydrogen) atoms. The van der Waals surface area contributed by atoms with Gasteiger partial charge in [-0.1, -0.05) is 30.3 Å². The predicted molar refractivity (Wildman–Crippen MR) is 82.6 cm³/mol. The largest absolute Gasteiger partial charge is 0.321 e. The van der Waals surface area contributed by atoms with Crippen molar-refractivity contribution >= 4 is 11.3 Å². The molecule has 2 N–H and O–H groups in total. The number of hydrogen-bond acceptors (Lipinski definition) is 2. The summed E-state index contributed by atoms with van der Waals surface area (Å²) < 4.78 is 0. The number of benzene rings is 1. The molecule has 3 rings (SSSR count). The Morgan fingerprint density at radius 1 is 1.16 bits per heavy atom. The average molecular weight is 271 g/mol. The maximum absolute atomic E-state index is 6.64. The van der Waals surface area contributed by atoms with Crippen LogP contribution in [0.4, 0.5) is 0 Å². The zero-order chi connectivity index (χ0) is 13.3. The first-order valence-electron chi connectivity index (χ1n) is 7.07. The fraction of sp³-hybridized carbons (Fsp3) is 0.412. The van der Waals surface area contributed by atoms with Gasteiger partial charge in [0.15, 0.2) is 0 Å². The van der Waals surface area contributed by atoms with E-state index in [-0.39, 0.29) is 5.54 Å². The number of hydrogen-bond donors (Lipinski definition) is 1. The second kappa shape index (κ2) is 5.10. The van der Waals surface area contributed by atoms with Crippen LogP contribution in [0, 0.1) is 6.92 Å². The molecule has 0 bridgehead atoms. The monoisotopic (exact) mass is 271 g/mol. The molecule has 1 heterocycles. The lowest BCUT2D eigenvalue weighted by atomic mass is 9.72. The number of aryl methyl sites for hydroxylation is 1. The Balaban J connectivity index is 1.72. The molecule has 0 unspecified atom stereocenters. The van der Waals surface area contributed by atoms with Crippen LogP contribution in [-0.2, 0) is 5.54 Å². The zero-order valence-corrected chi connectivity index (χ0v) is 12.2.